The molecular weight excluding hydrogens is 366 g/mol. The number of anilines is 1. The first-order valence-corrected chi connectivity index (χ1v) is 9.70. The summed E-state index contributed by atoms with van der Waals surface area (Å²) >= 11 is 5.95. The molecule has 0 bridgehead atoms. The van der Waals surface area contributed by atoms with Gasteiger partial charge in [0, 0.05) is 18.3 Å². The molecule has 1 saturated carbocycles. The normalized spacial score (nSPS) is 14.3. The van der Waals surface area contributed by atoms with Crippen molar-refractivity contribution in [2.24, 2.45) is 13.0 Å². The second kappa shape index (κ2) is 7.05. The molecule has 0 saturated heterocycles. The van der Waals surface area contributed by atoms with Crippen molar-refractivity contribution < 1.29 is 13.2 Å². The lowest BCUT2D eigenvalue weighted by atomic mass is 10.3. The van der Waals surface area contributed by atoms with Gasteiger partial charge in [0.2, 0.25) is 0 Å². The van der Waals surface area contributed by atoms with Crippen LogP contribution >= 0.6 is 11.6 Å². The quantitative estimate of drug-likeness (QED) is 0.792. The molecule has 0 spiro atoms. The van der Waals surface area contributed by atoms with E-state index >= 15 is 0 Å². The van der Waals surface area contributed by atoms with Crippen LogP contribution in [0.5, 0.6) is 5.75 Å². The first kappa shape index (κ1) is 17.8. The predicted molar refractivity (Wildman–Crippen MR) is 94.6 cm³/mol. The van der Waals surface area contributed by atoms with E-state index in [1.807, 2.05) is 0 Å². The highest BCUT2D eigenvalue weighted by Crippen LogP contribution is 2.33. The molecule has 1 N–H and O–H groups in total. The summed E-state index contributed by atoms with van der Waals surface area (Å²) in [6.07, 6.45) is 4.72. The predicted octanol–water partition coefficient (Wildman–Crippen LogP) is 2.41. The molecule has 1 aromatic heterocycles. The molecule has 25 heavy (non-hydrogen) atoms. The molecule has 134 valence electrons. The summed E-state index contributed by atoms with van der Waals surface area (Å²) in [6, 6.07) is 5.82. The first-order valence-electron chi connectivity index (χ1n) is 7.84. The molecule has 0 radical (unpaired) electrons. The van der Waals surface area contributed by atoms with E-state index in [0.717, 1.165) is 6.42 Å². The Kier molecular flexibility index (Phi) is 5.01. The number of ether oxygens (including phenoxy) is 1. The average Bonchev–Trinajstić information content (AvgIpc) is 3.36. The molecule has 7 nitrogen and oxygen atoms in total. The third-order valence-corrected chi connectivity index (χ3v) is 5.50. The Labute approximate surface area is 150 Å². The minimum Gasteiger partial charge on any atom is -0.492 e. The Hall–Kier alpha value is -2.06. The highest BCUT2D eigenvalue weighted by atomic mass is 35.5. The third kappa shape index (κ3) is 4.52. The highest BCUT2D eigenvalue weighted by Gasteiger charge is 2.23. The number of rotatable bonds is 7. The van der Waals surface area contributed by atoms with Crippen molar-refractivity contribution in [1.82, 2.24) is 9.55 Å². The number of aryl methyl sites for hydroxylation is 1. The Morgan fingerprint density at radius 2 is 2.12 bits per heavy atom. The van der Waals surface area contributed by atoms with Crippen LogP contribution in [0.3, 0.4) is 0 Å². The number of hydrogen-bond acceptors (Lipinski definition) is 5. The van der Waals surface area contributed by atoms with Crippen molar-refractivity contribution in [1.29, 1.82) is 0 Å². The van der Waals surface area contributed by atoms with Crippen LogP contribution in [0, 0.1) is 5.92 Å². The largest absolute Gasteiger partial charge is 0.492 e. The van der Waals surface area contributed by atoms with Crippen LogP contribution in [-0.4, -0.2) is 24.6 Å². The fourth-order valence-corrected chi connectivity index (χ4v) is 3.68. The number of aromatic nitrogens is 2. The summed E-state index contributed by atoms with van der Waals surface area (Å²) in [4.78, 5) is 15.2. The molecule has 1 aliphatic carbocycles. The topological polar surface area (TPSA) is 90.3 Å². The van der Waals surface area contributed by atoms with E-state index in [2.05, 4.69) is 9.71 Å². The standard InChI is InChI=1S/C16H18ClN3O4S/c1-20-8-6-15(18-16(20)21)19-25(22,23)14-10-12(17)4-5-13(14)24-9-7-11-2-3-11/h4-6,8,10-11H,2-3,7,9H2,1H3,(H,18,19,21). The van der Waals surface area contributed by atoms with Crippen LogP contribution in [0.2, 0.25) is 5.02 Å². The van der Waals surface area contributed by atoms with Crippen LogP contribution in [0.4, 0.5) is 5.82 Å². The van der Waals surface area contributed by atoms with Gasteiger partial charge in [-0.25, -0.2) is 13.2 Å². The van der Waals surface area contributed by atoms with Crippen molar-refractivity contribution in [3.63, 3.8) is 0 Å². The molecule has 9 heteroatoms. The summed E-state index contributed by atoms with van der Waals surface area (Å²) in [6.45, 7) is 0.443. The zero-order valence-electron chi connectivity index (χ0n) is 13.6. The molecule has 0 aliphatic heterocycles. The number of nitrogens with zero attached hydrogens (tertiary/aromatic N) is 2. The fraction of sp³-hybridized carbons (Fsp3) is 0.375. The molecule has 0 atom stereocenters. The second-order valence-corrected chi connectivity index (χ2v) is 8.07. The van der Waals surface area contributed by atoms with Crippen molar-refractivity contribution in [3.8, 4) is 5.75 Å². The molecular formula is C16H18ClN3O4S. The second-order valence-electron chi connectivity index (χ2n) is 5.98. The van der Waals surface area contributed by atoms with E-state index in [1.54, 1.807) is 6.07 Å². The number of sulfonamides is 1. The molecule has 0 amide bonds. The Balaban J connectivity index is 1.85. The van der Waals surface area contributed by atoms with E-state index < -0.39 is 15.7 Å². The Morgan fingerprint density at radius 3 is 2.80 bits per heavy atom. The SMILES string of the molecule is Cn1ccc(NS(=O)(=O)c2cc(Cl)ccc2OCCC2CC2)nc1=O. The van der Waals surface area contributed by atoms with Gasteiger partial charge in [-0.1, -0.05) is 24.4 Å². The highest BCUT2D eigenvalue weighted by molar-refractivity contribution is 7.92. The van der Waals surface area contributed by atoms with Crippen molar-refractivity contribution in [2.45, 2.75) is 24.2 Å². The van der Waals surface area contributed by atoms with Gasteiger partial charge in [0.05, 0.1) is 6.61 Å². The van der Waals surface area contributed by atoms with Crippen LogP contribution in [0.15, 0.2) is 40.2 Å². The van der Waals surface area contributed by atoms with Crippen LogP contribution in [0.1, 0.15) is 19.3 Å². The van der Waals surface area contributed by atoms with Gasteiger partial charge in [-0.15, -0.1) is 0 Å². The smallest absolute Gasteiger partial charge is 0.349 e. The number of hydrogen-bond donors (Lipinski definition) is 1. The third-order valence-electron chi connectivity index (χ3n) is 3.89. The zero-order valence-corrected chi connectivity index (χ0v) is 15.2. The van der Waals surface area contributed by atoms with Gasteiger partial charge < -0.3 is 9.30 Å². The molecule has 1 aliphatic rings. The van der Waals surface area contributed by atoms with Crippen LogP contribution < -0.4 is 15.1 Å². The van der Waals surface area contributed by atoms with Gasteiger partial charge in [0.1, 0.15) is 16.5 Å². The van der Waals surface area contributed by atoms with Crippen LogP contribution in [0.25, 0.3) is 0 Å². The lowest BCUT2D eigenvalue weighted by Crippen LogP contribution is -2.23. The first-order chi connectivity index (χ1) is 11.8. The van der Waals surface area contributed by atoms with Crippen LogP contribution in [-0.2, 0) is 17.1 Å². The van der Waals surface area contributed by atoms with Gasteiger partial charge in [-0.2, -0.15) is 4.98 Å². The Bertz CT molecular complexity index is 939. The molecule has 3 rings (SSSR count). The summed E-state index contributed by atoms with van der Waals surface area (Å²) in [5.41, 5.74) is -0.563. The average molecular weight is 384 g/mol. The van der Waals surface area contributed by atoms with E-state index in [9.17, 15) is 13.2 Å². The van der Waals surface area contributed by atoms with E-state index in [4.69, 9.17) is 16.3 Å². The minimum absolute atomic E-state index is 0.0630. The van der Waals surface area contributed by atoms with E-state index in [-0.39, 0.29) is 21.5 Å². The summed E-state index contributed by atoms with van der Waals surface area (Å²) in [5.74, 6) is 0.837. The lowest BCUT2D eigenvalue weighted by Gasteiger charge is -2.13. The maximum absolute atomic E-state index is 12.7. The van der Waals surface area contributed by atoms with Crippen molar-refractivity contribution >= 4 is 27.4 Å². The van der Waals surface area contributed by atoms with Crippen molar-refractivity contribution in [2.75, 3.05) is 11.3 Å². The molecule has 2 aromatic rings. The van der Waals surface area contributed by atoms with Gasteiger partial charge in [-0.05, 0) is 36.6 Å². The monoisotopic (exact) mass is 383 g/mol. The van der Waals surface area contributed by atoms with Gasteiger partial charge in [0.25, 0.3) is 10.0 Å². The molecule has 1 heterocycles. The maximum Gasteiger partial charge on any atom is 0.349 e. The molecule has 0 unspecified atom stereocenters. The summed E-state index contributed by atoms with van der Waals surface area (Å²) in [7, 11) is -2.48. The Morgan fingerprint density at radius 1 is 1.36 bits per heavy atom. The maximum atomic E-state index is 12.7. The van der Waals surface area contributed by atoms with Gasteiger partial charge in [-0.3, -0.25) is 4.72 Å². The zero-order chi connectivity index (χ0) is 18.0. The number of benzene rings is 1. The minimum atomic E-state index is -4.00. The van der Waals surface area contributed by atoms with Crippen molar-refractivity contribution in [3.05, 3.63) is 46.0 Å². The van der Waals surface area contributed by atoms with E-state index in [1.165, 1.54) is 48.9 Å². The number of halogens is 1. The fourth-order valence-electron chi connectivity index (χ4n) is 2.27. The number of nitrogens with one attached hydrogen (secondary N) is 1. The van der Waals surface area contributed by atoms with E-state index in [0.29, 0.717) is 12.5 Å². The lowest BCUT2D eigenvalue weighted by molar-refractivity contribution is 0.295. The van der Waals surface area contributed by atoms with Gasteiger partial charge in [0.15, 0.2) is 0 Å². The molecule has 1 aromatic carbocycles. The summed E-state index contributed by atoms with van der Waals surface area (Å²) in [5, 5.41) is 0.270. The summed E-state index contributed by atoms with van der Waals surface area (Å²) < 4.78 is 34.5. The van der Waals surface area contributed by atoms with Gasteiger partial charge >= 0.3 is 5.69 Å². The molecule has 1 fully saturated rings.